The van der Waals surface area contributed by atoms with Gasteiger partial charge in [0, 0.05) is 31.9 Å². The van der Waals surface area contributed by atoms with Crippen LogP contribution >= 0.6 is 0 Å². The first-order chi connectivity index (χ1) is 11.5. The van der Waals surface area contributed by atoms with E-state index in [1.807, 2.05) is 13.1 Å². The molecule has 5 nitrogen and oxygen atoms in total. The van der Waals surface area contributed by atoms with E-state index in [-0.39, 0.29) is 18.9 Å². The van der Waals surface area contributed by atoms with Crippen LogP contribution in [0.2, 0.25) is 0 Å². The molecule has 0 aliphatic carbocycles. The van der Waals surface area contributed by atoms with Crippen LogP contribution in [0, 0.1) is 11.6 Å². The third-order valence-corrected chi connectivity index (χ3v) is 4.45. The van der Waals surface area contributed by atoms with Crippen LogP contribution in [0.4, 0.5) is 8.78 Å². The van der Waals surface area contributed by atoms with Crippen LogP contribution < -0.4 is 0 Å². The average Bonchev–Trinajstić information content (AvgIpc) is 3.13. The molecule has 0 spiro atoms. The predicted molar refractivity (Wildman–Crippen MR) is 83.0 cm³/mol. The third kappa shape index (κ3) is 3.31. The lowest BCUT2D eigenvalue weighted by atomic mass is 10.0. The highest BCUT2D eigenvalue weighted by Gasteiger charge is 2.35. The van der Waals surface area contributed by atoms with E-state index < -0.39 is 23.8 Å². The number of β-amino-alcohol motifs (C(OH)–C–C–N with tert-alkyl or cyclic N) is 1. The fraction of sp³-hybridized carbons (Fsp3) is 0.412. The number of amides is 1. The van der Waals surface area contributed by atoms with E-state index in [4.69, 9.17) is 0 Å². The molecule has 0 saturated carbocycles. The molecule has 2 heterocycles. The Bertz CT molecular complexity index is 747. The lowest BCUT2D eigenvalue weighted by Gasteiger charge is -2.25. The molecule has 24 heavy (non-hydrogen) atoms. The van der Waals surface area contributed by atoms with Gasteiger partial charge in [-0.2, -0.15) is 5.10 Å². The Morgan fingerprint density at radius 3 is 2.79 bits per heavy atom. The number of benzene rings is 1. The Balaban J connectivity index is 1.73. The van der Waals surface area contributed by atoms with Gasteiger partial charge in [-0.05, 0) is 36.6 Å². The number of aryl methyl sites for hydroxylation is 2. The maximum Gasteiger partial charge on any atom is 0.223 e. The van der Waals surface area contributed by atoms with Gasteiger partial charge in [0.05, 0.1) is 12.1 Å². The van der Waals surface area contributed by atoms with Crippen molar-refractivity contribution in [2.24, 2.45) is 7.05 Å². The van der Waals surface area contributed by atoms with E-state index >= 15 is 0 Å². The van der Waals surface area contributed by atoms with Gasteiger partial charge in [0.25, 0.3) is 0 Å². The second-order valence-corrected chi connectivity index (χ2v) is 6.07. The van der Waals surface area contributed by atoms with E-state index in [1.165, 1.54) is 6.07 Å². The third-order valence-electron chi connectivity index (χ3n) is 4.45. The molecule has 1 fully saturated rings. The molecule has 7 heteroatoms. The highest BCUT2D eigenvalue weighted by atomic mass is 19.2. The van der Waals surface area contributed by atoms with Crippen LogP contribution in [-0.2, 0) is 18.3 Å². The monoisotopic (exact) mass is 335 g/mol. The van der Waals surface area contributed by atoms with E-state index in [9.17, 15) is 18.7 Å². The van der Waals surface area contributed by atoms with Crippen molar-refractivity contribution < 1.29 is 18.7 Å². The molecule has 2 aromatic rings. The van der Waals surface area contributed by atoms with Crippen molar-refractivity contribution in [1.29, 1.82) is 0 Å². The number of aliphatic hydroxyl groups excluding tert-OH is 1. The molecule has 1 saturated heterocycles. The van der Waals surface area contributed by atoms with Crippen molar-refractivity contribution in [1.82, 2.24) is 14.7 Å². The first-order valence-corrected chi connectivity index (χ1v) is 7.85. The standard InChI is InChI=1S/C17H19F2N3O2/c1-21-12(6-7-20-21)3-5-17(24)22-10-13(23)9-16(22)11-2-4-14(18)15(19)8-11/h2,4,6-8,13,16,23H,3,5,9-10H2,1H3. The Kier molecular flexibility index (Phi) is 4.62. The summed E-state index contributed by atoms with van der Waals surface area (Å²) in [5.41, 5.74) is 1.44. The van der Waals surface area contributed by atoms with Crippen LogP contribution in [0.1, 0.15) is 30.1 Å². The normalized spacial score (nSPS) is 20.6. The number of aromatic nitrogens is 2. The molecule has 0 radical (unpaired) electrons. The number of hydrogen-bond acceptors (Lipinski definition) is 3. The van der Waals surface area contributed by atoms with Gasteiger partial charge in [0.2, 0.25) is 5.91 Å². The van der Waals surface area contributed by atoms with Gasteiger partial charge in [-0.1, -0.05) is 6.07 Å². The Hall–Kier alpha value is -2.28. The summed E-state index contributed by atoms with van der Waals surface area (Å²) in [6.45, 7) is 0.202. The Morgan fingerprint density at radius 1 is 1.33 bits per heavy atom. The summed E-state index contributed by atoms with van der Waals surface area (Å²) < 4.78 is 28.3. The fourth-order valence-electron chi connectivity index (χ4n) is 3.15. The van der Waals surface area contributed by atoms with E-state index in [1.54, 1.807) is 15.8 Å². The van der Waals surface area contributed by atoms with Gasteiger partial charge in [-0.25, -0.2) is 8.78 Å². The average molecular weight is 335 g/mol. The number of hydrogen-bond donors (Lipinski definition) is 1. The molecular weight excluding hydrogens is 316 g/mol. The maximum atomic E-state index is 13.5. The number of carbonyl (C=O) groups excluding carboxylic acids is 1. The summed E-state index contributed by atoms with van der Waals surface area (Å²) >= 11 is 0. The van der Waals surface area contributed by atoms with Crippen LogP contribution in [0.5, 0.6) is 0 Å². The number of nitrogens with zero attached hydrogens (tertiary/aromatic N) is 3. The van der Waals surface area contributed by atoms with Gasteiger partial charge in [-0.15, -0.1) is 0 Å². The molecule has 2 atom stereocenters. The van der Waals surface area contributed by atoms with Crippen molar-refractivity contribution in [2.45, 2.75) is 31.4 Å². The summed E-state index contributed by atoms with van der Waals surface area (Å²) in [7, 11) is 1.81. The van der Waals surface area contributed by atoms with Crippen molar-refractivity contribution in [3.8, 4) is 0 Å². The molecule has 1 amide bonds. The molecule has 1 aromatic heterocycles. The van der Waals surface area contributed by atoms with Gasteiger partial charge < -0.3 is 10.0 Å². The van der Waals surface area contributed by atoms with Crippen LogP contribution in [0.25, 0.3) is 0 Å². The molecule has 128 valence electrons. The largest absolute Gasteiger partial charge is 0.391 e. The minimum Gasteiger partial charge on any atom is -0.391 e. The number of rotatable bonds is 4. The molecule has 1 aromatic carbocycles. The second kappa shape index (κ2) is 6.68. The molecular formula is C17H19F2N3O2. The molecule has 1 N–H and O–H groups in total. The quantitative estimate of drug-likeness (QED) is 0.929. The van der Waals surface area contributed by atoms with Gasteiger partial charge >= 0.3 is 0 Å². The maximum absolute atomic E-state index is 13.5. The number of carbonyl (C=O) groups is 1. The topological polar surface area (TPSA) is 58.4 Å². The van der Waals surface area contributed by atoms with E-state index in [0.29, 0.717) is 18.4 Å². The Labute approximate surface area is 138 Å². The summed E-state index contributed by atoms with van der Waals surface area (Å²) in [6.07, 6.45) is 2.13. The van der Waals surface area contributed by atoms with Crippen molar-refractivity contribution >= 4 is 5.91 Å². The molecule has 1 aliphatic rings. The molecule has 0 bridgehead atoms. The summed E-state index contributed by atoms with van der Waals surface area (Å²) in [4.78, 5) is 14.1. The van der Waals surface area contributed by atoms with Crippen molar-refractivity contribution in [2.75, 3.05) is 6.54 Å². The van der Waals surface area contributed by atoms with Crippen molar-refractivity contribution in [3.05, 3.63) is 53.4 Å². The number of aliphatic hydroxyl groups is 1. The summed E-state index contributed by atoms with van der Waals surface area (Å²) in [6, 6.07) is 5.02. The van der Waals surface area contributed by atoms with Crippen molar-refractivity contribution in [3.63, 3.8) is 0 Å². The summed E-state index contributed by atoms with van der Waals surface area (Å²) in [5.74, 6) is -2.00. The van der Waals surface area contributed by atoms with Crippen LogP contribution in [-0.4, -0.2) is 38.3 Å². The minimum atomic E-state index is -0.948. The smallest absolute Gasteiger partial charge is 0.223 e. The van der Waals surface area contributed by atoms with Crippen LogP contribution in [0.3, 0.4) is 0 Å². The lowest BCUT2D eigenvalue weighted by Crippen LogP contribution is -2.32. The van der Waals surface area contributed by atoms with Gasteiger partial charge in [0.15, 0.2) is 11.6 Å². The second-order valence-electron chi connectivity index (χ2n) is 6.07. The predicted octanol–water partition coefficient (Wildman–Crippen LogP) is 1.97. The summed E-state index contributed by atoms with van der Waals surface area (Å²) in [5, 5.41) is 14.0. The first-order valence-electron chi connectivity index (χ1n) is 7.85. The molecule has 2 unspecified atom stereocenters. The molecule has 3 rings (SSSR count). The van der Waals surface area contributed by atoms with E-state index in [2.05, 4.69) is 5.10 Å². The number of likely N-dealkylation sites (tertiary alicyclic amines) is 1. The zero-order chi connectivity index (χ0) is 17.3. The SMILES string of the molecule is Cn1nccc1CCC(=O)N1CC(O)CC1c1ccc(F)c(F)c1. The van der Waals surface area contributed by atoms with Gasteiger partial charge in [0.1, 0.15) is 0 Å². The minimum absolute atomic E-state index is 0.123. The number of halogens is 2. The van der Waals surface area contributed by atoms with Gasteiger partial charge in [-0.3, -0.25) is 9.48 Å². The zero-order valence-corrected chi connectivity index (χ0v) is 13.3. The zero-order valence-electron chi connectivity index (χ0n) is 13.3. The lowest BCUT2D eigenvalue weighted by molar-refractivity contribution is -0.132. The Morgan fingerprint density at radius 2 is 2.12 bits per heavy atom. The first kappa shape index (κ1) is 16.6. The fourth-order valence-corrected chi connectivity index (χ4v) is 3.15. The van der Waals surface area contributed by atoms with Crippen LogP contribution in [0.15, 0.2) is 30.5 Å². The molecule has 1 aliphatic heterocycles. The van der Waals surface area contributed by atoms with E-state index in [0.717, 1.165) is 17.8 Å². The highest BCUT2D eigenvalue weighted by molar-refractivity contribution is 5.77. The highest BCUT2D eigenvalue weighted by Crippen LogP contribution is 2.33.